The van der Waals surface area contributed by atoms with Crippen LogP contribution in [-0.4, -0.2) is 25.5 Å². The molecule has 0 unspecified atom stereocenters. The van der Waals surface area contributed by atoms with Crippen LogP contribution in [0.4, 0.5) is 17.6 Å². The Labute approximate surface area is 143 Å². The number of rotatable bonds is 2. The lowest BCUT2D eigenvalue weighted by molar-refractivity contribution is -0.140. The first-order chi connectivity index (χ1) is 12.4. The summed E-state index contributed by atoms with van der Waals surface area (Å²) in [4.78, 5) is 16.2. The van der Waals surface area contributed by atoms with E-state index >= 15 is 0 Å². The molecule has 4 aromatic rings. The van der Waals surface area contributed by atoms with Gasteiger partial charge in [-0.1, -0.05) is 18.2 Å². The zero-order valence-corrected chi connectivity index (χ0v) is 13.0. The maximum atomic E-state index is 14.1. The quantitative estimate of drug-likeness (QED) is 0.406. The van der Waals surface area contributed by atoms with Crippen LogP contribution in [0.3, 0.4) is 0 Å². The van der Waals surface area contributed by atoms with Crippen LogP contribution in [0.1, 0.15) is 0 Å². The minimum absolute atomic E-state index is 0.000578. The molecule has 0 spiro atoms. The summed E-state index contributed by atoms with van der Waals surface area (Å²) in [5, 5.41) is 4.34. The average molecular weight is 362 g/mol. The van der Waals surface area contributed by atoms with Crippen LogP contribution in [0, 0.1) is 5.95 Å². The van der Waals surface area contributed by atoms with E-state index in [0.29, 0.717) is 9.95 Å². The predicted molar refractivity (Wildman–Crippen MR) is 86.6 cm³/mol. The molecule has 0 fully saturated rings. The van der Waals surface area contributed by atoms with Crippen LogP contribution in [0.2, 0.25) is 0 Å². The molecule has 0 aliphatic rings. The van der Waals surface area contributed by atoms with E-state index in [4.69, 9.17) is 0 Å². The van der Waals surface area contributed by atoms with E-state index in [9.17, 15) is 22.4 Å². The number of hydrogen-bond donors (Lipinski definition) is 0. The number of alkyl halides is 3. The highest BCUT2D eigenvalue weighted by Crippen LogP contribution is 2.27. The molecule has 26 heavy (non-hydrogen) atoms. The largest absolute Gasteiger partial charge is 0.406 e. The van der Waals surface area contributed by atoms with Gasteiger partial charge < -0.3 is 0 Å². The van der Waals surface area contributed by atoms with E-state index in [1.807, 2.05) is 0 Å². The van der Waals surface area contributed by atoms with Gasteiger partial charge in [0.15, 0.2) is 0 Å². The van der Waals surface area contributed by atoms with Crippen LogP contribution in [0.25, 0.3) is 27.5 Å². The standard InChI is InChI=1S/C17H10F4N4O/c18-15-13(6-3-7-22-15)25-14-10-4-1-2-5-12(10)24(9-17(19,20)21)16(26)11(14)8-23-25/h1-8H,9H2. The Morgan fingerprint density at radius 3 is 2.54 bits per heavy atom. The Kier molecular flexibility index (Phi) is 3.53. The van der Waals surface area contributed by atoms with Crippen molar-refractivity contribution < 1.29 is 17.6 Å². The maximum absolute atomic E-state index is 14.1. The summed E-state index contributed by atoms with van der Waals surface area (Å²) in [5.74, 6) is -0.805. The summed E-state index contributed by atoms with van der Waals surface area (Å²) in [7, 11) is 0. The van der Waals surface area contributed by atoms with Crippen molar-refractivity contribution in [1.29, 1.82) is 0 Å². The maximum Gasteiger partial charge on any atom is 0.406 e. The molecule has 4 rings (SSSR count). The summed E-state index contributed by atoms with van der Waals surface area (Å²) < 4.78 is 54.7. The highest BCUT2D eigenvalue weighted by molar-refractivity contribution is 6.04. The van der Waals surface area contributed by atoms with Crippen LogP contribution < -0.4 is 5.56 Å². The fraction of sp³-hybridized carbons (Fsp3) is 0.118. The number of para-hydroxylation sites is 1. The second-order valence-electron chi connectivity index (χ2n) is 5.66. The van der Waals surface area contributed by atoms with E-state index in [1.165, 1.54) is 35.1 Å². The van der Waals surface area contributed by atoms with Crippen molar-refractivity contribution in [3.63, 3.8) is 0 Å². The van der Waals surface area contributed by atoms with Gasteiger partial charge in [0.05, 0.1) is 22.6 Å². The highest BCUT2D eigenvalue weighted by atomic mass is 19.4. The van der Waals surface area contributed by atoms with Crippen LogP contribution in [0.15, 0.2) is 53.6 Å². The normalized spacial score (nSPS) is 12.2. The lowest BCUT2D eigenvalue weighted by Gasteiger charge is -2.14. The molecule has 0 saturated heterocycles. The topological polar surface area (TPSA) is 52.7 Å². The number of hydrogen-bond acceptors (Lipinski definition) is 3. The molecule has 0 saturated carbocycles. The number of fused-ring (bicyclic) bond motifs is 3. The van der Waals surface area contributed by atoms with E-state index in [0.717, 1.165) is 6.20 Å². The van der Waals surface area contributed by atoms with E-state index in [1.54, 1.807) is 12.1 Å². The fourth-order valence-electron chi connectivity index (χ4n) is 2.98. The number of benzene rings is 1. The molecule has 0 atom stereocenters. The smallest absolute Gasteiger partial charge is 0.298 e. The molecule has 0 N–H and O–H groups in total. The zero-order valence-electron chi connectivity index (χ0n) is 13.0. The van der Waals surface area contributed by atoms with Gasteiger partial charge in [0, 0.05) is 11.6 Å². The van der Waals surface area contributed by atoms with Gasteiger partial charge >= 0.3 is 6.18 Å². The third-order valence-electron chi connectivity index (χ3n) is 4.00. The Morgan fingerprint density at radius 2 is 1.81 bits per heavy atom. The second kappa shape index (κ2) is 5.65. The van der Waals surface area contributed by atoms with Crippen molar-refractivity contribution in [3.05, 3.63) is 65.1 Å². The Morgan fingerprint density at radius 1 is 1.04 bits per heavy atom. The molecule has 0 aliphatic heterocycles. The molecular weight excluding hydrogens is 352 g/mol. The van der Waals surface area contributed by atoms with Crippen LogP contribution >= 0.6 is 0 Å². The minimum Gasteiger partial charge on any atom is -0.298 e. The monoisotopic (exact) mass is 362 g/mol. The Hall–Kier alpha value is -3.23. The van der Waals surface area contributed by atoms with Gasteiger partial charge in [-0.15, -0.1) is 0 Å². The Bertz CT molecular complexity index is 1190. The summed E-state index contributed by atoms with van der Waals surface area (Å²) in [6.45, 7) is -1.42. The zero-order chi connectivity index (χ0) is 18.5. The second-order valence-corrected chi connectivity index (χ2v) is 5.66. The highest BCUT2D eigenvalue weighted by Gasteiger charge is 2.30. The summed E-state index contributed by atoms with van der Waals surface area (Å²) in [6.07, 6.45) is -2.16. The molecule has 1 aromatic carbocycles. The molecule has 132 valence electrons. The van der Waals surface area contributed by atoms with Gasteiger partial charge in [-0.05, 0) is 18.2 Å². The number of aromatic nitrogens is 4. The lowest BCUT2D eigenvalue weighted by Crippen LogP contribution is -2.28. The molecule has 3 aromatic heterocycles. The number of pyridine rings is 2. The molecule has 0 aliphatic carbocycles. The van der Waals surface area contributed by atoms with Crippen molar-refractivity contribution in [1.82, 2.24) is 19.3 Å². The molecule has 3 heterocycles. The third-order valence-corrected chi connectivity index (χ3v) is 4.00. The minimum atomic E-state index is -4.56. The summed E-state index contributed by atoms with van der Waals surface area (Å²) >= 11 is 0. The molecule has 0 radical (unpaired) electrons. The van der Waals surface area contributed by atoms with Crippen molar-refractivity contribution in [2.24, 2.45) is 0 Å². The van der Waals surface area contributed by atoms with Gasteiger partial charge in [-0.2, -0.15) is 22.7 Å². The number of halogens is 4. The first-order valence-electron chi connectivity index (χ1n) is 7.54. The van der Waals surface area contributed by atoms with Gasteiger partial charge in [0.25, 0.3) is 5.56 Å². The van der Waals surface area contributed by atoms with Gasteiger partial charge in [0.1, 0.15) is 12.2 Å². The van der Waals surface area contributed by atoms with Crippen LogP contribution in [0.5, 0.6) is 0 Å². The number of nitrogens with zero attached hydrogens (tertiary/aromatic N) is 4. The molecule has 0 amide bonds. The van der Waals surface area contributed by atoms with Crippen molar-refractivity contribution in [3.8, 4) is 5.69 Å². The fourth-order valence-corrected chi connectivity index (χ4v) is 2.98. The lowest BCUT2D eigenvalue weighted by atomic mass is 10.1. The Balaban J connectivity index is 2.13. The van der Waals surface area contributed by atoms with Gasteiger partial charge in [0.2, 0.25) is 5.95 Å². The predicted octanol–water partition coefficient (Wildman–Crippen LogP) is 3.44. The molecule has 0 bridgehead atoms. The summed E-state index contributed by atoms with van der Waals surface area (Å²) in [5.41, 5.74) is -0.517. The summed E-state index contributed by atoms with van der Waals surface area (Å²) in [6, 6.07) is 9.06. The van der Waals surface area contributed by atoms with E-state index in [2.05, 4.69) is 10.1 Å². The first-order valence-corrected chi connectivity index (χ1v) is 7.54. The SMILES string of the molecule is O=c1c2cnn(-c3cccnc3F)c2c2ccccc2n1CC(F)(F)F. The van der Waals surface area contributed by atoms with Gasteiger partial charge in [-0.25, -0.2) is 9.67 Å². The van der Waals surface area contributed by atoms with Gasteiger partial charge in [-0.3, -0.25) is 9.36 Å². The third kappa shape index (κ3) is 2.52. The average Bonchev–Trinajstić information content (AvgIpc) is 3.03. The molecular formula is C17H10F4N4O. The first kappa shape index (κ1) is 16.2. The van der Waals surface area contributed by atoms with Crippen molar-refractivity contribution in [2.45, 2.75) is 12.7 Å². The van der Waals surface area contributed by atoms with Crippen molar-refractivity contribution >= 4 is 21.8 Å². The van der Waals surface area contributed by atoms with Crippen LogP contribution in [-0.2, 0) is 6.54 Å². The molecule has 9 heteroatoms. The van der Waals surface area contributed by atoms with E-state index < -0.39 is 24.2 Å². The van der Waals surface area contributed by atoms with Crippen molar-refractivity contribution in [2.75, 3.05) is 0 Å². The molecule has 5 nitrogen and oxygen atoms in total. The van der Waals surface area contributed by atoms with E-state index in [-0.39, 0.29) is 22.1 Å².